The topological polar surface area (TPSA) is 56.5 Å². The molecule has 0 amide bonds. The molecule has 0 fully saturated rings. The number of fused-ring (bicyclic) bond motifs is 1. The molecule has 0 aliphatic rings. The van der Waals surface area contributed by atoms with E-state index in [0.29, 0.717) is 5.65 Å². The highest BCUT2D eigenvalue weighted by Gasteiger charge is 2.24. The number of ether oxygens (including phenoxy) is 1. The lowest BCUT2D eigenvalue weighted by molar-refractivity contribution is 0.0517. The number of esters is 1. The van der Waals surface area contributed by atoms with Crippen LogP contribution in [0.1, 0.15) is 23.1 Å². The molecule has 3 aromatic rings. The van der Waals surface area contributed by atoms with Crippen LogP contribution in [0, 0.1) is 12.7 Å². The molecule has 0 bridgehead atoms. The van der Waals surface area contributed by atoms with Crippen LogP contribution >= 0.6 is 0 Å². The van der Waals surface area contributed by atoms with Crippen molar-refractivity contribution >= 4 is 11.6 Å². The molecule has 0 unspecified atom stereocenters. The van der Waals surface area contributed by atoms with Gasteiger partial charge in [0.05, 0.1) is 12.3 Å². The Bertz CT molecular complexity index is 858. The molecule has 0 N–H and O–H groups in total. The van der Waals surface area contributed by atoms with Gasteiger partial charge in [-0.15, -0.1) is 0 Å². The average Bonchev–Trinajstić information content (AvgIpc) is 2.86. The summed E-state index contributed by atoms with van der Waals surface area (Å²) in [6.45, 7) is 3.73. The van der Waals surface area contributed by atoms with Gasteiger partial charge in [0.25, 0.3) is 0 Å². The summed E-state index contributed by atoms with van der Waals surface area (Å²) in [5.41, 5.74) is 1.79. The van der Waals surface area contributed by atoms with Crippen molar-refractivity contribution in [2.24, 2.45) is 0 Å². The molecule has 0 spiro atoms. The van der Waals surface area contributed by atoms with E-state index in [0.717, 1.165) is 5.69 Å². The summed E-state index contributed by atoms with van der Waals surface area (Å²) in [6, 6.07) is 9.69. The van der Waals surface area contributed by atoms with E-state index in [1.54, 1.807) is 44.2 Å². The number of hydrogen-bond acceptors (Lipinski definition) is 4. The average molecular weight is 299 g/mol. The fourth-order valence-electron chi connectivity index (χ4n) is 2.25. The van der Waals surface area contributed by atoms with Gasteiger partial charge in [-0.1, -0.05) is 12.1 Å². The zero-order valence-electron chi connectivity index (χ0n) is 12.2. The third-order valence-electron chi connectivity index (χ3n) is 3.21. The molecule has 22 heavy (non-hydrogen) atoms. The van der Waals surface area contributed by atoms with Crippen LogP contribution in [0.5, 0.6) is 0 Å². The Morgan fingerprint density at radius 2 is 2.05 bits per heavy atom. The summed E-state index contributed by atoms with van der Waals surface area (Å²) >= 11 is 0. The minimum atomic E-state index is -0.577. The van der Waals surface area contributed by atoms with Crippen molar-refractivity contribution in [1.29, 1.82) is 0 Å². The Balaban J connectivity index is 2.32. The molecule has 2 aromatic heterocycles. The number of rotatable bonds is 3. The van der Waals surface area contributed by atoms with E-state index in [2.05, 4.69) is 10.1 Å². The number of halogens is 1. The van der Waals surface area contributed by atoms with Gasteiger partial charge in [-0.2, -0.15) is 5.10 Å². The van der Waals surface area contributed by atoms with E-state index in [1.807, 2.05) is 0 Å². The minimum absolute atomic E-state index is 0.130. The van der Waals surface area contributed by atoms with Crippen LogP contribution in [0.3, 0.4) is 0 Å². The molecule has 0 saturated carbocycles. The molecule has 2 heterocycles. The Morgan fingerprint density at radius 1 is 1.27 bits per heavy atom. The van der Waals surface area contributed by atoms with Gasteiger partial charge in [-0.05, 0) is 38.1 Å². The van der Waals surface area contributed by atoms with Gasteiger partial charge in [0, 0.05) is 5.56 Å². The lowest BCUT2D eigenvalue weighted by Gasteiger charge is -2.05. The van der Waals surface area contributed by atoms with Gasteiger partial charge in [0.1, 0.15) is 11.5 Å². The van der Waals surface area contributed by atoms with Gasteiger partial charge < -0.3 is 4.74 Å². The number of imidazole rings is 1. The smallest absolute Gasteiger partial charge is 0.359 e. The second kappa shape index (κ2) is 5.55. The first-order valence-corrected chi connectivity index (χ1v) is 6.90. The Hall–Kier alpha value is -2.76. The lowest BCUT2D eigenvalue weighted by Crippen LogP contribution is -2.11. The first-order chi connectivity index (χ1) is 10.6. The quantitative estimate of drug-likeness (QED) is 0.698. The van der Waals surface area contributed by atoms with E-state index >= 15 is 0 Å². The molecule has 6 heteroatoms. The van der Waals surface area contributed by atoms with Crippen molar-refractivity contribution in [3.05, 3.63) is 53.6 Å². The van der Waals surface area contributed by atoms with Crippen molar-refractivity contribution in [1.82, 2.24) is 14.6 Å². The van der Waals surface area contributed by atoms with Crippen LogP contribution in [-0.2, 0) is 4.74 Å². The van der Waals surface area contributed by atoms with Gasteiger partial charge >= 0.3 is 5.97 Å². The summed E-state index contributed by atoms with van der Waals surface area (Å²) in [5, 5.41) is 4.29. The maximum absolute atomic E-state index is 14.1. The molecule has 1 aromatic carbocycles. The van der Waals surface area contributed by atoms with Crippen LogP contribution < -0.4 is 0 Å². The molecular formula is C16H14FN3O2. The highest BCUT2D eigenvalue weighted by Crippen LogP contribution is 2.27. The normalized spacial score (nSPS) is 10.9. The third-order valence-corrected chi connectivity index (χ3v) is 3.21. The van der Waals surface area contributed by atoms with E-state index < -0.39 is 11.8 Å². The number of aryl methyl sites for hydroxylation is 1. The van der Waals surface area contributed by atoms with Gasteiger partial charge in [0.2, 0.25) is 0 Å². The maximum Gasteiger partial charge on any atom is 0.359 e. The third kappa shape index (κ3) is 2.32. The standard InChI is InChI=1S/C16H14FN3O2/c1-3-22-16(21)15-14(11-6-4-5-7-12(11)17)18-13-9-8-10(2)19-20(13)15/h4-9H,3H2,1-2H3. The number of carbonyl (C=O) groups excluding carboxylic acids is 1. The van der Waals surface area contributed by atoms with Gasteiger partial charge in [-0.3, -0.25) is 0 Å². The van der Waals surface area contributed by atoms with Crippen LogP contribution in [0.4, 0.5) is 4.39 Å². The molecule has 0 radical (unpaired) electrons. The van der Waals surface area contributed by atoms with Crippen molar-refractivity contribution in [3.63, 3.8) is 0 Å². The number of hydrogen-bond donors (Lipinski definition) is 0. The fraction of sp³-hybridized carbons (Fsp3) is 0.188. The van der Waals surface area contributed by atoms with Crippen LogP contribution in [0.15, 0.2) is 36.4 Å². The number of aromatic nitrogens is 3. The zero-order chi connectivity index (χ0) is 15.7. The molecule has 0 aliphatic heterocycles. The molecule has 0 aliphatic carbocycles. The van der Waals surface area contributed by atoms with Crippen molar-refractivity contribution < 1.29 is 13.9 Å². The molecule has 0 atom stereocenters. The number of nitrogens with zero attached hydrogens (tertiary/aromatic N) is 3. The fourth-order valence-corrected chi connectivity index (χ4v) is 2.25. The molecular weight excluding hydrogens is 285 g/mol. The summed E-state index contributed by atoms with van der Waals surface area (Å²) in [7, 11) is 0. The Labute approximate surface area is 126 Å². The summed E-state index contributed by atoms with van der Waals surface area (Å²) in [5.74, 6) is -1.03. The highest BCUT2D eigenvalue weighted by atomic mass is 19.1. The van der Waals surface area contributed by atoms with Gasteiger partial charge in [-0.25, -0.2) is 18.7 Å². The Kier molecular flexibility index (Phi) is 3.58. The van der Waals surface area contributed by atoms with E-state index in [1.165, 1.54) is 10.6 Å². The monoisotopic (exact) mass is 299 g/mol. The van der Waals surface area contributed by atoms with Crippen LogP contribution in [-0.4, -0.2) is 27.2 Å². The van der Waals surface area contributed by atoms with Gasteiger partial charge in [0.15, 0.2) is 11.3 Å². The second-order valence-electron chi connectivity index (χ2n) is 4.75. The van der Waals surface area contributed by atoms with Crippen molar-refractivity contribution in [3.8, 4) is 11.3 Å². The SMILES string of the molecule is CCOC(=O)c1c(-c2ccccc2F)nc2ccc(C)nn12. The predicted octanol–water partition coefficient (Wildman–Crippen LogP) is 3.02. The summed E-state index contributed by atoms with van der Waals surface area (Å²) in [4.78, 5) is 16.6. The lowest BCUT2D eigenvalue weighted by atomic mass is 10.1. The first kappa shape index (κ1) is 14.2. The van der Waals surface area contributed by atoms with E-state index in [4.69, 9.17) is 4.74 Å². The molecule has 5 nitrogen and oxygen atoms in total. The van der Waals surface area contributed by atoms with E-state index in [9.17, 15) is 9.18 Å². The first-order valence-electron chi connectivity index (χ1n) is 6.90. The minimum Gasteiger partial charge on any atom is -0.461 e. The summed E-state index contributed by atoms with van der Waals surface area (Å²) < 4.78 is 20.6. The molecule has 112 valence electrons. The van der Waals surface area contributed by atoms with Crippen LogP contribution in [0.2, 0.25) is 0 Å². The highest BCUT2D eigenvalue weighted by molar-refractivity contribution is 5.95. The van der Waals surface area contributed by atoms with Crippen molar-refractivity contribution in [2.45, 2.75) is 13.8 Å². The number of benzene rings is 1. The Morgan fingerprint density at radius 3 is 2.77 bits per heavy atom. The maximum atomic E-state index is 14.1. The van der Waals surface area contributed by atoms with E-state index in [-0.39, 0.29) is 23.6 Å². The molecule has 3 rings (SSSR count). The van der Waals surface area contributed by atoms with Crippen LogP contribution in [0.25, 0.3) is 16.9 Å². The predicted molar refractivity (Wildman–Crippen MR) is 79.1 cm³/mol. The zero-order valence-corrected chi connectivity index (χ0v) is 12.2. The molecule has 0 saturated heterocycles. The van der Waals surface area contributed by atoms with Crippen molar-refractivity contribution in [2.75, 3.05) is 6.61 Å². The number of carbonyl (C=O) groups is 1. The second-order valence-corrected chi connectivity index (χ2v) is 4.75. The largest absolute Gasteiger partial charge is 0.461 e. The summed E-state index contributed by atoms with van der Waals surface area (Å²) in [6.07, 6.45) is 0.